The zero-order valence-electron chi connectivity index (χ0n) is 9.55. The third kappa shape index (κ3) is 2.47. The van der Waals surface area contributed by atoms with Gasteiger partial charge in [-0.05, 0) is 25.5 Å². The molecule has 0 spiro atoms. The van der Waals surface area contributed by atoms with E-state index in [0.717, 1.165) is 6.42 Å². The van der Waals surface area contributed by atoms with Crippen molar-refractivity contribution in [2.75, 3.05) is 11.9 Å². The number of para-hydroxylation sites is 1. The summed E-state index contributed by atoms with van der Waals surface area (Å²) in [6.45, 7) is 2.19. The minimum absolute atomic E-state index is 0.0200. The quantitative estimate of drug-likeness (QED) is 0.598. The van der Waals surface area contributed by atoms with E-state index in [1.165, 1.54) is 0 Å². The first kappa shape index (κ1) is 11.7. The number of nitrogens with one attached hydrogen (secondary N) is 1. The van der Waals surface area contributed by atoms with Crippen LogP contribution in [0.1, 0.15) is 13.3 Å². The average Bonchev–Trinajstić information content (AvgIpc) is 2.94. The number of rotatable bonds is 5. The summed E-state index contributed by atoms with van der Waals surface area (Å²) in [7, 11) is 0. The van der Waals surface area contributed by atoms with Gasteiger partial charge in [-0.25, -0.2) is 0 Å². The van der Waals surface area contributed by atoms with Crippen LogP contribution in [0, 0.1) is 10.1 Å². The Balaban J connectivity index is 2.29. The van der Waals surface area contributed by atoms with Gasteiger partial charge in [0, 0.05) is 12.1 Å². The Hall–Kier alpha value is -1.82. The number of nitrogens with two attached hydrogens (primary N) is 1. The standard InChI is InChI=1S/C11H15N3O3/c1-2-17-10-5-3-4-8(11(10)14(15)16)13-9-6-7(9)12/h3-5,7,9,13H,2,6,12H2,1H3. The highest BCUT2D eigenvalue weighted by Crippen LogP contribution is 2.37. The third-order valence-electron chi connectivity index (χ3n) is 2.66. The van der Waals surface area contributed by atoms with Crippen LogP contribution in [0.25, 0.3) is 0 Å². The molecule has 6 heteroatoms. The molecule has 6 nitrogen and oxygen atoms in total. The van der Waals surface area contributed by atoms with Crippen molar-refractivity contribution in [1.29, 1.82) is 0 Å². The second kappa shape index (κ2) is 4.58. The van der Waals surface area contributed by atoms with Crippen LogP contribution in [0.15, 0.2) is 18.2 Å². The van der Waals surface area contributed by atoms with E-state index in [9.17, 15) is 10.1 Å². The van der Waals surface area contributed by atoms with Gasteiger partial charge in [-0.3, -0.25) is 10.1 Å². The molecule has 2 atom stereocenters. The van der Waals surface area contributed by atoms with Gasteiger partial charge in [0.15, 0.2) is 5.75 Å². The van der Waals surface area contributed by atoms with E-state index >= 15 is 0 Å². The predicted octanol–water partition coefficient (Wildman–Crippen LogP) is 1.50. The number of hydrogen-bond acceptors (Lipinski definition) is 5. The average molecular weight is 237 g/mol. The first-order chi connectivity index (χ1) is 8.13. The summed E-state index contributed by atoms with van der Waals surface area (Å²) < 4.78 is 5.25. The number of benzene rings is 1. The maximum atomic E-state index is 11.1. The second-order valence-corrected chi connectivity index (χ2v) is 3.99. The summed E-state index contributed by atoms with van der Waals surface area (Å²) in [5.74, 6) is 0.289. The van der Waals surface area contributed by atoms with Crippen molar-refractivity contribution in [3.05, 3.63) is 28.3 Å². The largest absolute Gasteiger partial charge is 0.487 e. The van der Waals surface area contributed by atoms with Gasteiger partial charge in [0.05, 0.1) is 11.5 Å². The van der Waals surface area contributed by atoms with Gasteiger partial charge in [0.25, 0.3) is 0 Å². The van der Waals surface area contributed by atoms with E-state index in [1.54, 1.807) is 25.1 Å². The van der Waals surface area contributed by atoms with Crippen LogP contribution in [0.2, 0.25) is 0 Å². The van der Waals surface area contributed by atoms with Gasteiger partial charge < -0.3 is 15.8 Å². The Morgan fingerprint density at radius 1 is 1.65 bits per heavy atom. The number of ether oxygens (including phenoxy) is 1. The Labute approximate surface area is 98.9 Å². The summed E-state index contributed by atoms with van der Waals surface area (Å²) in [6, 6.07) is 5.22. The van der Waals surface area contributed by atoms with Gasteiger partial charge in [-0.15, -0.1) is 0 Å². The molecule has 1 aliphatic carbocycles. The number of nitro benzene ring substituents is 1. The van der Waals surface area contributed by atoms with Gasteiger partial charge >= 0.3 is 5.69 Å². The smallest absolute Gasteiger partial charge is 0.333 e. The van der Waals surface area contributed by atoms with Crippen molar-refractivity contribution < 1.29 is 9.66 Å². The van der Waals surface area contributed by atoms with E-state index in [-0.39, 0.29) is 23.5 Å². The molecule has 0 amide bonds. The van der Waals surface area contributed by atoms with E-state index in [0.29, 0.717) is 12.3 Å². The van der Waals surface area contributed by atoms with Crippen LogP contribution in [-0.4, -0.2) is 23.6 Å². The zero-order chi connectivity index (χ0) is 12.4. The number of nitro groups is 1. The lowest BCUT2D eigenvalue weighted by molar-refractivity contribution is -0.384. The fraction of sp³-hybridized carbons (Fsp3) is 0.455. The molecular weight excluding hydrogens is 222 g/mol. The second-order valence-electron chi connectivity index (χ2n) is 3.99. The molecule has 1 aliphatic rings. The molecule has 0 aromatic heterocycles. The Morgan fingerprint density at radius 2 is 2.35 bits per heavy atom. The van der Waals surface area contributed by atoms with Gasteiger partial charge in [-0.1, -0.05) is 6.07 Å². The molecule has 0 saturated heterocycles. The monoisotopic (exact) mass is 237 g/mol. The molecule has 2 rings (SSSR count). The molecule has 0 aliphatic heterocycles. The molecule has 17 heavy (non-hydrogen) atoms. The number of hydrogen-bond donors (Lipinski definition) is 2. The molecule has 1 aromatic carbocycles. The van der Waals surface area contributed by atoms with E-state index in [4.69, 9.17) is 10.5 Å². The molecule has 1 fully saturated rings. The van der Waals surface area contributed by atoms with E-state index in [2.05, 4.69) is 5.32 Å². The molecule has 1 aromatic rings. The molecule has 2 unspecified atom stereocenters. The first-order valence-corrected chi connectivity index (χ1v) is 5.55. The molecule has 1 saturated carbocycles. The fourth-order valence-electron chi connectivity index (χ4n) is 1.68. The number of nitrogens with zero attached hydrogens (tertiary/aromatic N) is 1. The summed E-state index contributed by atoms with van der Waals surface area (Å²) in [5.41, 5.74) is 6.12. The topological polar surface area (TPSA) is 90.4 Å². The van der Waals surface area contributed by atoms with Gasteiger partial charge in [0.1, 0.15) is 5.69 Å². The highest BCUT2D eigenvalue weighted by molar-refractivity contribution is 5.69. The van der Waals surface area contributed by atoms with Crippen LogP contribution in [0.4, 0.5) is 11.4 Å². The molecule has 0 radical (unpaired) electrons. The maximum Gasteiger partial charge on any atom is 0.333 e. The summed E-state index contributed by atoms with van der Waals surface area (Å²) in [4.78, 5) is 10.6. The lowest BCUT2D eigenvalue weighted by Gasteiger charge is -2.09. The minimum Gasteiger partial charge on any atom is -0.487 e. The number of anilines is 1. The molecule has 0 bridgehead atoms. The maximum absolute atomic E-state index is 11.1. The Bertz CT molecular complexity index is 436. The molecule has 92 valence electrons. The van der Waals surface area contributed by atoms with Crippen LogP contribution >= 0.6 is 0 Å². The fourth-order valence-corrected chi connectivity index (χ4v) is 1.68. The van der Waals surface area contributed by atoms with E-state index < -0.39 is 4.92 Å². The lowest BCUT2D eigenvalue weighted by atomic mass is 10.2. The lowest BCUT2D eigenvalue weighted by Crippen LogP contribution is -2.14. The van der Waals surface area contributed by atoms with Crippen molar-refractivity contribution >= 4 is 11.4 Å². The van der Waals surface area contributed by atoms with Gasteiger partial charge in [0.2, 0.25) is 0 Å². The van der Waals surface area contributed by atoms with E-state index in [1.807, 2.05) is 0 Å². The Kier molecular flexibility index (Phi) is 3.14. The summed E-state index contributed by atoms with van der Waals surface area (Å²) in [6.07, 6.45) is 0.843. The zero-order valence-corrected chi connectivity index (χ0v) is 9.55. The minimum atomic E-state index is -0.429. The summed E-state index contributed by atoms with van der Waals surface area (Å²) >= 11 is 0. The highest BCUT2D eigenvalue weighted by atomic mass is 16.6. The third-order valence-corrected chi connectivity index (χ3v) is 2.66. The van der Waals surface area contributed by atoms with Crippen molar-refractivity contribution in [1.82, 2.24) is 0 Å². The van der Waals surface area contributed by atoms with Crippen molar-refractivity contribution in [2.45, 2.75) is 25.4 Å². The highest BCUT2D eigenvalue weighted by Gasteiger charge is 2.35. The van der Waals surface area contributed by atoms with Crippen molar-refractivity contribution in [2.24, 2.45) is 5.73 Å². The van der Waals surface area contributed by atoms with Gasteiger partial charge in [-0.2, -0.15) is 0 Å². The van der Waals surface area contributed by atoms with Crippen LogP contribution in [-0.2, 0) is 0 Å². The Morgan fingerprint density at radius 3 is 2.88 bits per heavy atom. The molecular formula is C11H15N3O3. The van der Waals surface area contributed by atoms with Crippen LogP contribution in [0.5, 0.6) is 5.75 Å². The SMILES string of the molecule is CCOc1cccc(NC2CC2N)c1[N+](=O)[O-]. The van der Waals surface area contributed by atoms with Crippen molar-refractivity contribution in [3.63, 3.8) is 0 Å². The first-order valence-electron chi connectivity index (χ1n) is 5.55. The molecule has 0 heterocycles. The summed E-state index contributed by atoms with van der Waals surface area (Å²) in [5, 5.41) is 14.1. The van der Waals surface area contributed by atoms with Crippen LogP contribution < -0.4 is 15.8 Å². The molecule has 3 N–H and O–H groups in total. The predicted molar refractivity (Wildman–Crippen MR) is 64.3 cm³/mol. The van der Waals surface area contributed by atoms with Crippen molar-refractivity contribution in [3.8, 4) is 5.75 Å². The van der Waals surface area contributed by atoms with Crippen LogP contribution in [0.3, 0.4) is 0 Å². The normalized spacial score (nSPS) is 22.0.